The number of rotatable bonds is 7. The summed E-state index contributed by atoms with van der Waals surface area (Å²) in [5.41, 5.74) is 2.61. The minimum Gasteiger partial charge on any atom is -0.481 e. The van der Waals surface area contributed by atoms with Crippen LogP contribution in [0.15, 0.2) is 6.07 Å². The Kier molecular flexibility index (Phi) is 5.58. The zero-order valence-corrected chi connectivity index (χ0v) is 17.5. The predicted octanol–water partition coefficient (Wildman–Crippen LogP) is 1.75. The number of methoxy groups -OCH3 is 2. The number of fused-ring (bicyclic) bond motifs is 2. The van der Waals surface area contributed by atoms with Crippen LogP contribution in [0.4, 0.5) is 0 Å². The van der Waals surface area contributed by atoms with Crippen molar-refractivity contribution in [2.24, 2.45) is 0 Å². The minimum absolute atomic E-state index is 0.0901. The highest BCUT2D eigenvalue weighted by molar-refractivity contribution is 5.98. The number of hydrogen-bond acceptors (Lipinski definition) is 6. The predicted molar refractivity (Wildman–Crippen MR) is 106 cm³/mol. The largest absolute Gasteiger partial charge is 0.481 e. The van der Waals surface area contributed by atoms with E-state index in [1.165, 1.54) is 12.8 Å². The molecule has 0 spiro atoms. The average molecular weight is 389 g/mol. The van der Waals surface area contributed by atoms with Gasteiger partial charge in [0.05, 0.1) is 31.5 Å². The van der Waals surface area contributed by atoms with Crippen molar-refractivity contribution in [1.82, 2.24) is 19.7 Å². The number of likely N-dealkylation sites (tertiary alicyclic amines) is 2. The van der Waals surface area contributed by atoms with Crippen LogP contribution in [-0.2, 0) is 17.8 Å². The van der Waals surface area contributed by atoms with Crippen molar-refractivity contribution < 1.29 is 14.3 Å². The van der Waals surface area contributed by atoms with Gasteiger partial charge >= 0.3 is 0 Å². The van der Waals surface area contributed by atoms with Crippen molar-refractivity contribution in [2.45, 2.75) is 57.9 Å². The van der Waals surface area contributed by atoms with Crippen molar-refractivity contribution >= 4 is 5.91 Å². The van der Waals surface area contributed by atoms with Gasteiger partial charge in [0.25, 0.3) is 5.91 Å². The van der Waals surface area contributed by atoms with Crippen LogP contribution in [0.25, 0.3) is 0 Å². The molecule has 2 fully saturated rings. The van der Waals surface area contributed by atoms with E-state index in [2.05, 4.69) is 9.80 Å². The molecule has 7 nitrogen and oxygen atoms in total. The minimum atomic E-state index is 0.0901. The normalized spacial score (nSPS) is 25.0. The van der Waals surface area contributed by atoms with Gasteiger partial charge in [0.2, 0.25) is 5.88 Å². The van der Waals surface area contributed by atoms with E-state index in [4.69, 9.17) is 14.5 Å². The summed E-state index contributed by atoms with van der Waals surface area (Å²) in [7, 11) is 3.44. The van der Waals surface area contributed by atoms with E-state index in [0.717, 1.165) is 49.6 Å². The lowest BCUT2D eigenvalue weighted by molar-refractivity contribution is 0.0730. The number of amides is 1. The molecule has 28 heavy (non-hydrogen) atoms. The summed E-state index contributed by atoms with van der Waals surface area (Å²) in [6.07, 6.45) is 2.38. The first-order chi connectivity index (χ1) is 13.5. The van der Waals surface area contributed by atoms with Crippen LogP contribution < -0.4 is 4.74 Å². The molecule has 0 aliphatic carbocycles. The zero-order chi connectivity index (χ0) is 19.8. The van der Waals surface area contributed by atoms with E-state index in [-0.39, 0.29) is 11.9 Å². The number of pyridine rings is 1. The Balaban J connectivity index is 1.51. The van der Waals surface area contributed by atoms with E-state index >= 15 is 0 Å². The quantitative estimate of drug-likeness (QED) is 0.709. The summed E-state index contributed by atoms with van der Waals surface area (Å²) in [6.45, 7) is 9.46. The number of ether oxygens (including phenoxy) is 2. The maximum atomic E-state index is 12.8. The fraction of sp³-hybridized carbons (Fsp3) is 0.714. The van der Waals surface area contributed by atoms with Gasteiger partial charge in [0.15, 0.2) is 0 Å². The smallest absolute Gasteiger partial charge is 0.256 e. The molecule has 4 heterocycles. The Hall–Kier alpha value is -1.70. The molecule has 1 aromatic heterocycles. The lowest BCUT2D eigenvalue weighted by atomic mass is 10.1. The Morgan fingerprint density at radius 1 is 1.18 bits per heavy atom. The molecule has 0 bridgehead atoms. The second-order valence-electron chi connectivity index (χ2n) is 8.39. The lowest BCUT2D eigenvalue weighted by Gasteiger charge is -2.26. The number of carbonyl (C=O) groups is 1. The molecule has 1 aromatic rings. The van der Waals surface area contributed by atoms with E-state index in [9.17, 15) is 4.79 Å². The molecule has 1 amide bonds. The topological polar surface area (TPSA) is 58.1 Å². The molecule has 7 heteroatoms. The third-order valence-corrected chi connectivity index (χ3v) is 6.53. The number of carbonyl (C=O) groups excluding carboxylic acids is 1. The van der Waals surface area contributed by atoms with Gasteiger partial charge in [-0.15, -0.1) is 0 Å². The van der Waals surface area contributed by atoms with Crippen molar-refractivity contribution in [2.75, 3.05) is 40.5 Å². The summed E-state index contributed by atoms with van der Waals surface area (Å²) in [5, 5.41) is 0. The van der Waals surface area contributed by atoms with Crippen LogP contribution in [0.2, 0.25) is 0 Å². The first-order valence-corrected chi connectivity index (χ1v) is 10.4. The molecule has 4 rings (SSSR count). The first kappa shape index (κ1) is 19.6. The maximum Gasteiger partial charge on any atom is 0.256 e. The van der Waals surface area contributed by atoms with Gasteiger partial charge < -0.3 is 14.4 Å². The Morgan fingerprint density at radius 3 is 2.57 bits per heavy atom. The standard InChI is InChI=1S/C21H32N4O3/c1-14(2)25-13-17-16(21(25)26)11-15(20(22-17)28-4)12-24-8-6-18-19(24)5-7-23(18)9-10-27-3/h11,14,18-19H,5-10,12-13H2,1-4H3/t18-,19-/m0/s1. The third-order valence-electron chi connectivity index (χ3n) is 6.53. The number of hydrogen-bond donors (Lipinski definition) is 0. The molecular formula is C21H32N4O3. The van der Waals surface area contributed by atoms with Crippen LogP contribution in [-0.4, -0.2) is 84.2 Å². The maximum absolute atomic E-state index is 12.8. The number of nitrogens with zero attached hydrogens (tertiary/aromatic N) is 4. The van der Waals surface area contributed by atoms with Crippen LogP contribution in [0.3, 0.4) is 0 Å². The zero-order valence-electron chi connectivity index (χ0n) is 17.5. The van der Waals surface area contributed by atoms with Crippen molar-refractivity contribution in [1.29, 1.82) is 0 Å². The van der Waals surface area contributed by atoms with Crippen molar-refractivity contribution in [3.05, 3.63) is 22.9 Å². The van der Waals surface area contributed by atoms with Crippen LogP contribution in [0.1, 0.15) is 48.3 Å². The molecule has 0 saturated carbocycles. The molecular weight excluding hydrogens is 356 g/mol. The van der Waals surface area contributed by atoms with Gasteiger partial charge in [0, 0.05) is 57.0 Å². The highest BCUT2D eigenvalue weighted by Crippen LogP contribution is 2.35. The highest BCUT2D eigenvalue weighted by Gasteiger charge is 2.42. The monoisotopic (exact) mass is 388 g/mol. The molecule has 154 valence electrons. The third kappa shape index (κ3) is 3.40. The Labute approximate surface area is 167 Å². The van der Waals surface area contributed by atoms with Gasteiger partial charge in [-0.25, -0.2) is 4.98 Å². The summed E-state index contributed by atoms with van der Waals surface area (Å²) >= 11 is 0. The Bertz CT molecular complexity index is 739. The lowest BCUT2D eigenvalue weighted by Crippen LogP contribution is -2.37. The van der Waals surface area contributed by atoms with Crippen LogP contribution in [0.5, 0.6) is 5.88 Å². The van der Waals surface area contributed by atoms with Gasteiger partial charge in [-0.05, 0) is 32.8 Å². The molecule has 0 aromatic carbocycles. The van der Waals surface area contributed by atoms with Crippen molar-refractivity contribution in [3.63, 3.8) is 0 Å². The van der Waals surface area contributed by atoms with Gasteiger partial charge in [0.1, 0.15) is 0 Å². The van der Waals surface area contributed by atoms with Gasteiger partial charge in [-0.3, -0.25) is 14.6 Å². The van der Waals surface area contributed by atoms with E-state index < -0.39 is 0 Å². The van der Waals surface area contributed by atoms with Crippen molar-refractivity contribution in [3.8, 4) is 5.88 Å². The molecule has 3 aliphatic rings. The highest BCUT2D eigenvalue weighted by atomic mass is 16.5. The van der Waals surface area contributed by atoms with E-state index in [0.29, 0.717) is 24.5 Å². The fourth-order valence-electron chi connectivity index (χ4n) is 5.04. The molecule has 0 unspecified atom stereocenters. The number of aromatic nitrogens is 1. The second-order valence-corrected chi connectivity index (χ2v) is 8.39. The fourth-order valence-corrected chi connectivity index (χ4v) is 5.04. The molecule has 2 saturated heterocycles. The van der Waals surface area contributed by atoms with Gasteiger partial charge in [-0.1, -0.05) is 0 Å². The van der Waals surface area contributed by atoms with Crippen LogP contribution in [0, 0.1) is 0 Å². The van der Waals surface area contributed by atoms with E-state index in [1.54, 1.807) is 14.2 Å². The first-order valence-electron chi connectivity index (χ1n) is 10.4. The summed E-state index contributed by atoms with van der Waals surface area (Å²) in [6, 6.07) is 3.38. The SMILES string of the molecule is COCCN1CC[C@H]2[C@@H]1CCN2Cc1cc2c(nc1OC)CN(C(C)C)C2=O. The molecule has 0 radical (unpaired) electrons. The van der Waals surface area contributed by atoms with Crippen LogP contribution >= 0.6 is 0 Å². The summed E-state index contributed by atoms with van der Waals surface area (Å²) < 4.78 is 10.9. The second kappa shape index (κ2) is 7.97. The van der Waals surface area contributed by atoms with Gasteiger partial charge in [-0.2, -0.15) is 0 Å². The molecule has 3 aliphatic heterocycles. The van der Waals surface area contributed by atoms with E-state index in [1.807, 2.05) is 24.8 Å². The molecule has 0 N–H and O–H groups in total. The summed E-state index contributed by atoms with van der Waals surface area (Å²) in [4.78, 5) is 24.4. The molecule has 2 atom stereocenters. The average Bonchev–Trinajstić information content (AvgIpc) is 3.35. The Morgan fingerprint density at radius 2 is 1.89 bits per heavy atom. The summed E-state index contributed by atoms with van der Waals surface area (Å²) in [5.74, 6) is 0.752.